The van der Waals surface area contributed by atoms with Crippen LogP contribution in [0, 0.1) is 0 Å². The Balaban J connectivity index is 2.21. The maximum absolute atomic E-state index is 11.9. The molecule has 0 spiro atoms. The number of halogens is 3. The van der Waals surface area contributed by atoms with E-state index in [2.05, 4.69) is 20.5 Å². The molecule has 0 aromatic carbocycles. The van der Waals surface area contributed by atoms with Crippen LogP contribution < -0.4 is 5.32 Å². The van der Waals surface area contributed by atoms with Crippen molar-refractivity contribution in [2.75, 3.05) is 5.32 Å². The molecular weight excluding hydrogens is 298 g/mol. The number of nitrogens with one attached hydrogen (secondary N) is 1. The standard InChI is InChI=1S/C10H5Cl3N4O/c11-5-1-2-6(12)14-9(5)10(18)15-8-4-3-7(13)16-17-8/h1-4H,(H,15,17,18). The van der Waals surface area contributed by atoms with Gasteiger partial charge >= 0.3 is 0 Å². The number of pyridine rings is 1. The van der Waals surface area contributed by atoms with E-state index in [1.807, 2.05) is 0 Å². The van der Waals surface area contributed by atoms with Crippen molar-refractivity contribution in [3.63, 3.8) is 0 Å². The normalized spacial score (nSPS) is 10.2. The molecule has 0 aliphatic heterocycles. The summed E-state index contributed by atoms with van der Waals surface area (Å²) in [6.07, 6.45) is 0. The quantitative estimate of drug-likeness (QED) is 0.866. The molecule has 92 valence electrons. The Bertz CT molecular complexity index is 588. The van der Waals surface area contributed by atoms with Gasteiger partial charge < -0.3 is 5.32 Å². The topological polar surface area (TPSA) is 67.8 Å². The van der Waals surface area contributed by atoms with Gasteiger partial charge in [0.25, 0.3) is 5.91 Å². The van der Waals surface area contributed by atoms with Gasteiger partial charge in [-0.1, -0.05) is 34.8 Å². The molecule has 1 N–H and O–H groups in total. The zero-order valence-electron chi connectivity index (χ0n) is 8.69. The first kappa shape index (κ1) is 13.0. The van der Waals surface area contributed by atoms with E-state index < -0.39 is 5.91 Å². The summed E-state index contributed by atoms with van der Waals surface area (Å²) in [4.78, 5) is 15.7. The predicted octanol–water partition coefficient (Wildman–Crippen LogP) is 3.08. The number of carbonyl (C=O) groups is 1. The molecule has 5 nitrogen and oxygen atoms in total. The lowest BCUT2D eigenvalue weighted by Gasteiger charge is -2.04. The van der Waals surface area contributed by atoms with Gasteiger partial charge in [-0.15, -0.1) is 10.2 Å². The van der Waals surface area contributed by atoms with E-state index in [-0.39, 0.29) is 26.8 Å². The highest BCUT2D eigenvalue weighted by Crippen LogP contribution is 2.18. The summed E-state index contributed by atoms with van der Waals surface area (Å²) in [7, 11) is 0. The minimum atomic E-state index is -0.529. The molecule has 0 fully saturated rings. The van der Waals surface area contributed by atoms with Gasteiger partial charge in [-0.3, -0.25) is 4.79 Å². The predicted molar refractivity (Wildman–Crippen MR) is 69.3 cm³/mol. The minimum absolute atomic E-state index is 0.0147. The molecule has 0 atom stereocenters. The third-order valence-corrected chi connectivity index (χ3v) is 2.62. The molecule has 0 bridgehead atoms. The van der Waals surface area contributed by atoms with E-state index in [0.717, 1.165) is 0 Å². The van der Waals surface area contributed by atoms with Crippen molar-refractivity contribution >= 4 is 46.5 Å². The SMILES string of the molecule is O=C(Nc1ccc(Cl)nn1)c1nc(Cl)ccc1Cl. The molecule has 8 heteroatoms. The molecule has 2 aromatic heterocycles. The van der Waals surface area contributed by atoms with Crippen LogP contribution in [0.4, 0.5) is 5.82 Å². The smallest absolute Gasteiger partial charge is 0.277 e. The van der Waals surface area contributed by atoms with Crippen LogP contribution in [0.25, 0.3) is 0 Å². The van der Waals surface area contributed by atoms with Gasteiger partial charge in [-0.25, -0.2) is 4.98 Å². The molecular formula is C10H5Cl3N4O. The summed E-state index contributed by atoms with van der Waals surface area (Å²) < 4.78 is 0. The number of rotatable bonds is 2. The average Bonchev–Trinajstić information content (AvgIpc) is 2.35. The molecule has 0 saturated heterocycles. The first-order valence-corrected chi connectivity index (χ1v) is 5.82. The summed E-state index contributed by atoms with van der Waals surface area (Å²) in [6.45, 7) is 0. The highest BCUT2D eigenvalue weighted by molar-refractivity contribution is 6.35. The Kier molecular flexibility index (Phi) is 3.96. The zero-order valence-corrected chi connectivity index (χ0v) is 11.0. The van der Waals surface area contributed by atoms with E-state index in [4.69, 9.17) is 34.8 Å². The maximum Gasteiger partial charge on any atom is 0.277 e. The number of anilines is 1. The summed E-state index contributed by atoms with van der Waals surface area (Å²) in [5.41, 5.74) is 0.0147. The van der Waals surface area contributed by atoms with Gasteiger partial charge in [0.15, 0.2) is 11.0 Å². The number of carbonyl (C=O) groups excluding carboxylic acids is 1. The third kappa shape index (κ3) is 3.07. The number of hydrogen-bond acceptors (Lipinski definition) is 4. The summed E-state index contributed by atoms with van der Waals surface area (Å²) in [5, 5.41) is 10.3. The van der Waals surface area contributed by atoms with Crippen molar-refractivity contribution in [1.29, 1.82) is 0 Å². The monoisotopic (exact) mass is 302 g/mol. The fraction of sp³-hybridized carbons (Fsp3) is 0. The van der Waals surface area contributed by atoms with Gasteiger partial charge in [0.2, 0.25) is 0 Å². The summed E-state index contributed by atoms with van der Waals surface area (Å²) >= 11 is 17.1. The van der Waals surface area contributed by atoms with Crippen LogP contribution in [0.3, 0.4) is 0 Å². The minimum Gasteiger partial charge on any atom is -0.304 e. The Morgan fingerprint density at radius 1 is 1.00 bits per heavy atom. The lowest BCUT2D eigenvalue weighted by atomic mass is 10.3. The van der Waals surface area contributed by atoms with Crippen molar-refractivity contribution in [3.05, 3.63) is 45.3 Å². The number of nitrogens with zero attached hydrogens (tertiary/aromatic N) is 3. The molecule has 0 saturated carbocycles. The Labute approximate surface area is 117 Å². The third-order valence-electron chi connectivity index (χ3n) is 1.90. The van der Waals surface area contributed by atoms with Crippen molar-refractivity contribution in [1.82, 2.24) is 15.2 Å². The molecule has 2 heterocycles. The Hall–Kier alpha value is -1.43. The van der Waals surface area contributed by atoms with Gasteiger partial charge in [-0.2, -0.15) is 0 Å². The van der Waals surface area contributed by atoms with Gasteiger partial charge in [0, 0.05) is 0 Å². The van der Waals surface area contributed by atoms with E-state index in [1.165, 1.54) is 24.3 Å². The first-order valence-electron chi connectivity index (χ1n) is 4.69. The first-order chi connectivity index (χ1) is 8.56. The van der Waals surface area contributed by atoms with Gasteiger partial charge in [-0.05, 0) is 24.3 Å². The van der Waals surface area contributed by atoms with E-state index in [9.17, 15) is 4.79 Å². The number of aromatic nitrogens is 3. The molecule has 0 aliphatic carbocycles. The highest BCUT2D eigenvalue weighted by Gasteiger charge is 2.13. The van der Waals surface area contributed by atoms with E-state index in [0.29, 0.717) is 0 Å². The molecule has 18 heavy (non-hydrogen) atoms. The molecule has 0 aliphatic rings. The van der Waals surface area contributed by atoms with Crippen LogP contribution in [0.15, 0.2) is 24.3 Å². The second kappa shape index (κ2) is 5.48. The summed E-state index contributed by atoms with van der Waals surface area (Å²) in [6, 6.07) is 5.98. The summed E-state index contributed by atoms with van der Waals surface area (Å²) in [5.74, 6) is -0.290. The number of amides is 1. The van der Waals surface area contributed by atoms with E-state index >= 15 is 0 Å². The van der Waals surface area contributed by atoms with Crippen molar-refractivity contribution in [2.24, 2.45) is 0 Å². The molecule has 2 aromatic rings. The van der Waals surface area contributed by atoms with Crippen LogP contribution >= 0.6 is 34.8 Å². The lowest BCUT2D eigenvalue weighted by molar-refractivity contribution is 0.102. The van der Waals surface area contributed by atoms with Crippen LogP contribution in [-0.4, -0.2) is 21.1 Å². The highest BCUT2D eigenvalue weighted by atomic mass is 35.5. The largest absolute Gasteiger partial charge is 0.304 e. The Morgan fingerprint density at radius 3 is 2.39 bits per heavy atom. The molecule has 2 rings (SSSR count). The van der Waals surface area contributed by atoms with Crippen molar-refractivity contribution < 1.29 is 4.79 Å². The molecule has 1 amide bonds. The van der Waals surface area contributed by atoms with Crippen molar-refractivity contribution in [2.45, 2.75) is 0 Å². The zero-order chi connectivity index (χ0) is 13.1. The fourth-order valence-corrected chi connectivity index (χ4v) is 1.58. The Morgan fingerprint density at radius 2 is 1.72 bits per heavy atom. The van der Waals surface area contributed by atoms with Crippen LogP contribution in [0.1, 0.15) is 10.5 Å². The van der Waals surface area contributed by atoms with Crippen LogP contribution in [0.5, 0.6) is 0 Å². The van der Waals surface area contributed by atoms with Gasteiger partial charge in [0.05, 0.1) is 5.02 Å². The van der Waals surface area contributed by atoms with E-state index in [1.54, 1.807) is 0 Å². The fourth-order valence-electron chi connectivity index (χ4n) is 1.14. The lowest BCUT2D eigenvalue weighted by Crippen LogP contribution is -2.15. The van der Waals surface area contributed by atoms with Crippen LogP contribution in [0.2, 0.25) is 15.3 Å². The van der Waals surface area contributed by atoms with Crippen LogP contribution in [-0.2, 0) is 0 Å². The molecule has 0 unspecified atom stereocenters. The van der Waals surface area contributed by atoms with Crippen molar-refractivity contribution in [3.8, 4) is 0 Å². The molecule has 0 radical (unpaired) electrons. The second-order valence-corrected chi connectivity index (χ2v) is 4.34. The second-order valence-electron chi connectivity index (χ2n) is 3.16. The average molecular weight is 304 g/mol. The maximum atomic E-state index is 11.9. The number of hydrogen-bond donors (Lipinski definition) is 1. The van der Waals surface area contributed by atoms with Gasteiger partial charge in [0.1, 0.15) is 10.8 Å².